The molecule has 0 radical (unpaired) electrons. The van der Waals surface area contributed by atoms with Crippen molar-refractivity contribution in [2.24, 2.45) is 0 Å². The van der Waals surface area contributed by atoms with Crippen molar-refractivity contribution < 1.29 is 49.4 Å². The number of pyridine rings is 1. The van der Waals surface area contributed by atoms with Gasteiger partial charge in [-0.3, -0.25) is 0 Å². The van der Waals surface area contributed by atoms with E-state index in [2.05, 4.69) is 9.72 Å². The Labute approximate surface area is 245 Å². The Kier molecular flexibility index (Phi) is 9.09. The van der Waals surface area contributed by atoms with E-state index in [0.717, 1.165) is 60.8 Å². The minimum atomic E-state index is -5.06. The molecule has 0 bridgehead atoms. The molecule has 4 rings (SSSR count). The fourth-order valence-electron chi connectivity index (χ4n) is 3.75. The van der Waals surface area contributed by atoms with E-state index in [0.29, 0.717) is 4.31 Å². The van der Waals surface area contributed by atoms with E-state index in [4.69, 9.17) is 5.11 Å². The zero-order valence-corrected chi connectivity index (χ0v) is 20.2. The van der Waals surface area contributed by atoms with Gasteiger partial charge in [0, 0.05) is 11.6 Å². The van der Waals surface area contributed by atoms with Crippen LogP contribution in [0, 0.1) is 0 Å². The molecule has 0 saturated carbocycles. The molecule has 0 fully saturated rings. The third-order valence-corrected chi connectivity index (χ3v) is 7.22. The van der Waals surface area contributed by atoms with E-state index < -0.39 is 57.1 Å². The monoisotopic (exact) mass is 594 g/mol. The van der Waals surface area contributed by atoms with Gasteiger partial charge < -0.3 is 9.84 Å². The molecule has 4 aromatic rings. The van der Waals surface area contributed by atoms with E-state index in [1.807, 2.05) is 0 Å². The summed E-state index contributed by atoms with van der Waals surface area (Å²) in [6, 6.07) is 13.0. The predicted octanol–water partition coefficient (Wildman–Crippen LogP) is 5.60. The Bertz CT molecular complexity index is 1630. The summed E-state index contributed by atoms with van der Waals surface area (Å²) in [6.45, 7) is -0.760. The Morgan fingerprint density at radius 1 is 0.900 bits per heavy atom. The fraction of sp³-hybridized carbons (Fsp3) is 0.120. The van der Waals surface area contributed by atoms with Crippen LogP contribution in [-0.4, -0.2) is 60.4 Å². The third-order valence-electron chi connectivity index (χ3n) is 5.47. The Hall–Kier alpha value is -3.33. The number of nitrogens with zero attached hydrogens (tertiary/aromatic N) is 2. The molecule has 1 aromatic heterocycles. The van der Waals surface area contributed by atoms with Crippen LogP contribution in [0.25, 0.3) is 10.8 Å². The summed E-state index contributed by atoms with van der Waals surface area (Å²) in [6.07, 6.45) is -8.99. The van der Waals surface area contributed by atoms with Gasteiger partial charge in [-0.25, -0.2) is 22.5 Å². The standard InChI is InChI=1S/C25H16F6N2O5S.Na.H/c26-24(27,28)21-20-4-2-1-3-17(20)13-32-22(21)33(14-15-5-9-18(10-6-15)38-25(29,30)31)39(36,37)19-11-7-16(8-12-19)23(34)35;;/h1-13H,14H2,(H,34,35);;. The summed E-state index contributed by atoms with van der Waals surface area (Å²) in [4.78, 5) is 14.5. The number of halogens is 6. The maximum atomic E-state index is 14.4. The summed E-state index contributed by atoms with van der Waals surface area (Å²) in [5.41, 5.74) is -1.60. The summed E-state index contributed by atoms with van der Waals surface area (Å²) in [5, 5.41) is 8.86. The van der Waals surface area contributed by atoms with Crippen LogP contribution in [0.2, 0.25) is 0 Å². The van der Waals surface area contributed by atoms with Crippen LogP contribution in [0.1, 0.15) is 21.5 Å². The first-order valence-electron chi connectivity index (χ1n) is 10.8. The van der Waals surface area contributed by atoms with Crippen LogP contribution in [0.5, 0.6) is 5.75 Å². The van der Waals surface area contributed by atoms with Crippen LogP contribution in [0.15, 0.2) is 83.9 Å². The van der Waals surface area contributed by atoms with Crippen LogP contribution in [0.3, 0.4) is 0 Å². The number of fused-ring (bicyclic) bond motifs is 1. The zero-order valence-electron chi connectivity index (χ0n) is 19.4. The molecular formula is C25H17F6N2NaO5S. The maximum absolute atomic E-state index is 14.4. The number of aromatic carboxylic acids is 1. The second-order valence-electron chi connectivity index (χ2n) is 8.07. The molecular weight excluding hydrogens is 577 g/mol. The Morgan fingerprint density at radius 2 is 1.50 bits per heavy atom. The number of hydrogen-bond donors (Lipinski definition) is 1. The van der Waals surface area contributed by atoms with Crippen LogP contribution >= 0.6 is 0 Å². The molecule has 0 atom stereocenters. The number of sulfonamides is 1. The van der Waals surface area contributed by atoms with Crippen molar-refractivity contribution in [3.05, 3.63) is 95.7 Å². The molecule has 7 nitrogen and oxygen atoms in total. The van der Waals surface area contributed by atoms with Gasteiger partial charge in [0.05, 0.1) is 17.0 Å². The topological polar surface area (TPSA) is 96.8 Å². The van der Waals surface area contributed by atoms with Crippen molar-refractivity contribution in [2.75, 3.05) is 4.31 Å². The second-order valence-corrected chi connectivity index (χ2v) is 9.94. The van der Waals surface area contributed by atoms with Gasteiger partial charge in [-0.1, -0.05) is 36.4 Å². The average Bonchev–Trinajstić information content (AvgIpc) is 2.86. The van der Waals surface area contributed by atoms with Crippen LogP contribution in [-0.2, 0) is 22.7 Å². The number of benzene rings is 3. The van der Waals surface area contributed by atoms with Crippen molar-refractivity contribution in [2.45, 2.75) is 24.0 Å². The number of alkyl halides is 6. The minimum absolute atomic E-state index is 0. The van der Waals surface area contributed by atoms with Crippen LogP contribution in [0.4, 0.5) is 32.2 Å². The van der Waals surface area contributed by atoms with Crippen molar-refractivity contribution in [3.63, 3.8) is 0 Å². The number of anilines is 1. The van der Waals surface area contributed by atoms with E-state index in [1.54, 1.807) is 0 Å². The number of rotatable bonds is 7. The predicted molar refractivity (Wildman–Crippen MR) is 134 cm³/mol. The molecule has 3 aromatic carbocycles. The number of carbonyl (C=O) groups is 1. The molecule has 0 aliphatic rings. The van der Waals surface area contributed by atoms with Gasteiger partial charge in [-0.2, -0.15) is 13.2 Å². The van der Waals surface area contributed by atoms with Gasteiger partial charge in [-0.05, 0) is 47.3 Å². The van der Waals surface area contributed by atoms with E-state index in [1.165, 1.54) is 18.2 Å². The third kappa shape index (κ3) is 6.86. The average molecular weight is 594 g/mol. The number of hydrogen-bond acceptors (Lipinski definition) is 5. The van der Waals surface area contributed by atoms with Gasteiger partial charge in [-0.15, -0.1) is 13.2 Å². The molecule has 40 heavy (non-hydrogen) atoms. The molecule has 0 unspecified atom stereocenters. The molecule has 0 aliphatic heterocycles. The summed E-state index contributed by atoms with van der Waals surface area (Å²) >= 11 is 0. The molecule has 0 spiro atoms. The zero-order chi connectivity index (χ0) is 28.6. The number of aromatic nitrogens is 1. The van der Waals surface area contributed by atoms with Gasteiger partial charge in [0.15, 0.2) is 5.82 Å². The summed E-state index contributed by atoms with van der Waals surface area (Å²) in [5.74, 6) is -2.95. The molecule has 15 heteroatoms. The van der Waals surface area contributed by atoms with Crippen molar-refractivity contribution in [1.82, 2.24) is 4.98 Å². The molecule has 206 valence electrons. The molecule has 0 amide bonds. The van der Waals surface area contributed by atoms with Crippen molar-refractivity contribution in [3.8, 4) is 5.75 Å². The quantitative estimate of drug-likeness (QED) is 0.221. The first-order chi connectivity index (χ1) is 18.2. The van der Waals surface area contributed by atoms with E-state index in [-0.39, 0.29) is 51.5 Å². The van der Waals surface area contributed by atoms with Gasteiger partial charge in [0.2, 0.25) is 0 Å². The molecule has 1 heterocycles. The molecule has 0 aliphatic carbocycles. The first-order valence-corrected chi connectivity index (χ1v) is 12.3. The SMILES string of the molecule is O=C(O)c1ccc(S(=O)(=O)N(Cc2ccc(OC(F)(F)F)cc2)c2ncc3ccccc3c2C(F)(F)F)cc1.[NaH]. The van der Waals surface area contributed by atoms with Gasteiger partial charge in [0.1, 0.15) is 11.3 Å². The van der Waals surface area contributed by atoms with E-state index in [9.17, 15) is 39.6 Å². The fourth-order valence-corrected chi connectivity index (χ4v) is 5.17. The first kappa shape index (κ1) is 31.2. The van der Waals surface area contributed by atoms with Crippen LogP contribution < -0.4 is 9.04 Å². The Balaban J connectivity index is 0.00000441. The molecule has 0 saturated heterocycles. The van der Waals surface area contributed by atoms with Crippen molar-refractivity contribution in [1.29, 1.82) is 0 Å². The van der Waals surface area contributed by atoms with Crippen molar-refractivity contribution >= 4 is 62.1 Å². The van der Waals surface area contributed by atoms with E-state index >= 15 is 0 Å². The molecule has 1 N–H and O–H groups in total. The van der Waals surface area contributed by atoms with Gasteiger partial charge >= 0.3 is 48.1 Å². The summed E-state index contributed by atoms with van der Waals surface area (Å²) in [7, 11) is -4.82. The van der Waals surface area contributed by atoms with Gasteiger partial charge in [0.25, 0.3) is 10.0 Å². The number of ether oxygens (including phenoxy) is 1. The normalized spacial score (nSPS) is 12.1. The number of carboxylic acid groups (broad SMARTS) is 1. The Morgan fingerprint density at radius 3 is 2.05 bits per heavy atom. The summed E-state index contributed by atoms with van der Waals surface area (Å²) < 4.78 is 112. The number of carboxylic acids is 1. The second kappa shape index (κ2) is 11.6.